The molecule has 0 fully saturated rings. The Bertz CT molecular complexity index is 491. The van der Waals surface area contributed by atoms with Crippen LogP contribution < -0.4 is 10.5 Å². The molecule has 0 aliphatic carbocycles. The predicted octanol–water partition coefficient (Wildman–Crippen LogP) is -0.112. The topological polar surface area (TPSA) is 110 Å². The van der Waals surface area contributed by atoms with Crippen molar-refractivity contribution in [2.24, 2.45) is 5.73 Å². The summed E-state index contributed by atoms with van der Waals surface area (Å²) in [6.07, 6.45) is -1.73. The standard InChI is InChI=1S/C10H9F2NO5/c11-4-1-2-5(8(12)7(4)9(13)15)18-6(3-14)10(16)17/h1-2,6,14H,3H2,(H2,13,15)(H,16,17)/t6-/m1/s1. The number of carbonyl (C=O) groups is 2. The van der Waals surface area contributed by atoms with Crippen LogP contribution in [0.15, 0.2) is 12.1 Å². The van der Waals surface area contributed by atoms with Gasteiger partial charge in [-0.05, 0) is 12.1 Å². The molecule has 8 heteroatoms. The molecule has 0 aliphatic heterocycles. The average Bonchev–Trinajstić information content (AvgIpc) is 2.27. The quantitative estimate of drug-likeness (QED) is 0.685. The zero-order valence-corrected chi connectivity index (χ0v) is 8.89. The molecule has 1 atom stereocenters. The Morgan fingerprint density at radius 3 is 2.44 bits per heavy atom. The van der Waals surface area contributed by atoms with E-state index in [1.54, 1.807) is 0 Å². The third-order valence-electron chi connectivity index (χ3n) is 2.01. The van der Waals surface area contributed by atoms with Crippen molar-refractivity contribution >= 4 is 11.9 Å². The molecule has 0 aliphatic rings. The minimum absolute atomic E-state index is 0.688. The third-order valence-corrected chi connectivity index (χ3v) is 2.01. The highest BCUT2D eigenvalue weighted by Crippen LogP contribution is 2.23. The summed E-state index contributed by atoms with van der Waals surface area (Å²) in [5, 5.41) is 17.3. The van der Waals surface area contributed by atoms with Crippen molar-refractivity contribution in [2.75, 3.05) is 6.61 Å². The number of carbonyl (C=O) groups excluding carboxylic acids is 1. The molecule has 1 rings (SSSR count). The zero-order valence-electron chi connectivity index (χ0n) is 8.89. The van der Waals surface area contributed by atoms with Crippen LogP contribution in [0.5, 0.6) is 5.75 Å². The van der Waals surface area contributed by atoms with E-state index in [1.165, 1.54) is 0 Å². The van der Waals surface area contributed by atoms with Gasteiger partial charge in [0.1, 0.15) is 11.4 Å². The lowest BCUT2D eigenvalue weighted by Gasteiger charge is -2.14. The van der Waals surface area contributed by atoms with Gasteiger partial charge < -0.3 is 20.7 Å². The molecule has 0 saturated heterocycles. The molecule has 0 saturated carbocycles. The molecular formula is C10H9F2NO5. The summed E-state index contributed by atoms with van der Waals surface area (Å²) in [4.78, 5) is 21.4. The van der Waals surface area contributed by atoms with Crippen molar-refractivity contribution in [1.82, 2.24) is 0 Å². The fourth-order valence-corrected chi connectivity index (χ4v) is 1.17. The van der Waals surface area contributed by atoms with Crippen molar-refractivity contribution < 1.29 is 33.3 Å². The summed E-state index contributed by atoms with van der Waals surface area (Å²) in [6.45, 7) is -0.919. The second kappa shape index (κ2) is 5.41. The maximum absolute atomic E-state index is 13.6. The number of benzene rings is 1. The third kappa shape index (κ3) is 2.72. The van der Waals surface area contributed by atoms with Gasteiger partial charge in [0, 0.05) is 0 Å². The fraction of sp³-hybridized carbons (Fsp3) is 0.200. The Kier molecular flexibility index (Phi) is 4.16. The van der Waals surface area contributed by atoms with E-state index < -0.39 is 47.5 Å². The molecule has 0 bridgehead atoms. The van der Waals surface area contributed by atoms with Gasteiger partial charge in [-0.2, -0.15) is 0 Å². The summed E-state index contributed by atoms with van der Waals surface area (Å²) < 4.78 is 31.3. The van der Waals surface area contributed by atoms with Crippen molar-refractivity contribution in [2.45, 2.75) is 6.10 Å². The van der Waals surface area contributed by atoms with Crippen LogP contribution in [0.4, 0.5) is 8.78 Å². The summed E-state index contributed by atoms with van der Waals surface area (Å²) in [7, 11) is 0. The number of aliphatic hydroxyl groups excluding tert-OH is 1. The lowest BCUT2D eigenvalue weighted by atomic mass is 10.1. The highest BCUT2D eigenvalue weighted by Gasteiger charge is 2.24. The molecule has 1 amide bonds. The van der Waals surface area contributed by atoms with Gasteiger partial charge in [0.05, 0.1) is 6.61 Å². The summed E-state index contributed by atoms with van der Waals surface area (Å²) in [6, 6.07) is 1.50. The van der Waals surface area contributed by atoms with Gasteiger partial charge in [0.2, 0.25) is 6.10 Å². The maximum Gasteiger partial charge on any atom is 0.347 e. The van der Waals surface area contributed by atoms with Gasteiger partial charge in [-0.3, -0.25) is 4.79 Å². The van der Waals surface area contributed by atoms with Crippen molar-refractivity contribution in [3.8, 4) is 5.75 Å². The smallest absolute Gasteiger partial charge is 0.347 e. The van der Waals surface area contributed by atoms with Crippen LogP contribution in [0, 0.1) is 11.6 Å². The number of primary amides is 1. The van der Waals surface area contributed by atoms with E-state index >= 15 is 0 Å². The Balaban J connectivity index is 3.15. The first kappa shape index (κ1) is 13.8. The van der Waals surface area contributed by atoms with Gasteiger partial charge in [-0.15, -0.1) is 0 Å². The van der Waals surface area contributed by atoms with E-state index in [-0.39, 0.29) is 0 Å². The first-order valence-corrected chi connectivity index (χ1v) is 4.66. The van der Waals surface area contributed by atoms with E-state index in [1.807, 2.05) is 0 Å². The van der Waals surface area contributed by atoms with Crippen molar-refractivity contribution in [3.63, 3.8) is 0 Å². The Morgan fingerprint density at radius 1 is 1.39 bits per heavy atom. The van der Waals surface area contributed by atoms with Crippen LogP contribution >= 0.6 is 0 Å². The summed E-state index contributed by atoms with van der Waals surface area (Å²) in [5.74, 6) is -6.19. The number of carboxylic acid groups (broad SMARTS) is 1. The van der Waals surface area contributed by atoms with E-state index in [2.05, 4.69) is 4.74 Å². The SMILES string of the molecule is NC(=O)c1c(F)ccc(O[C@H](CO)C(=O)O)c1F. The zero-order chi connectivity index (χ0) is 13.9. The number of hydrogen-bond donors (Lipinski definition) is 3. The number of carboxylic acids is 1. The first-order chi connectivity index (χ1) is 8.38. The van der Waals surface area contributed by atoms with Crippen LogP contribution in [0.1, 0.15) is 10.4 Å². The monoisotopic (exact) mass is 261 g/mol. The minimum Gasteiger partial charge on any atom is -0.478 e. The number of aliphatic carboxylic acids is 1. The van der Waals surface area contributed by atoms with Crippen molar-refractivity contribution in [1.29, 1.82) is 0 Å². The number of halogens is 2. The molecule has 4 N–H and O–H groups in total. The number of nitrogens with two attached hydrogens (primary N) is 1. The van der Waals surface area contributed by atoms with Crippen LogP contribution in [0.3, 0.4) is 0 Å². The second-order valence-electron chi connectivity index (χ2n) is 3.23. The Morgan fingerprint density at radius 2 is 2.00 bits per heavy atom. The van der Waals surface area contributed by atoms with Crippen LogP contribution in [0.2, 0.25) is 0 Å². The highest BCUT2D eigenvalue weighted by molar-refractivity contribution is 5.93. The predicted molar refractivity (Wildman–Crippen MR) is 54.0 cm³/mol. The number of rotatable bonds is 5. The summed E-state index contributed by atoms with van der Waals surface area (Å²) >= 11 is 0. The first-order valence-electron chi connectivity index (χ1n) is 4.66. The van der Waals surface area contributed by atoms with E-state index in [0.29, 0.717) is 6.07 Å². The van der Waals surface area contributed by atoms with Gasteiger partial charge >= 0.3 is 5.97 Å². The molecule has 98 valence electrons. The molecule has 1 aromatic rings. The molecule has 0 aromatic heterocycles. The maximum atomic E-state index is 13.6. The molecule has 18 heavy (non-hydrogen) atoms. The molecule has 0 unspecified atom stereocenters. The minimum atomic E-state index is -1.73. The second-order valence-corrected chi connectivity index (χ2v) is 3.23. The number of hydrogen-bond acceptors (Lipinski definition) is 4. The largest absolute Gasteiger partial charge is 0.478 e. The molecule has 0 radical (unpaired) electrons. The van der Waals surface area contributed by atoms with Crippen molar-refractivity contribution in [3.05, 3.63) is 29.3 Å². The number of ether oxygens (including phenoxy) is 1. The highest BCUT2D eigenvalue weighted by atomic mass is 19.1. The lowest BCUT2D eigenvalue weighted by molar-refractivity contribution is -0.146. The normalized spacial score (nSPS) is 11.9. The lowest BCUT2D eigenvalue weighted by Crippen LogP contribution is -2.31. The van der Waals surface area contributed by atoms with Gasteiger partial charge in [0.15, 0.2) is 11.6 Å². The van der Waals surface area contributed by atoms with Gasteiger partial charge in [-0.25, -0.2) is 13.6 Å². The molecule has 6 nitrogen and oxygen atoms in total. The average molecular weight is 261 g/mol. The fourth-order valence-electron chi connectivity index (χ4n) is 1.17. The Labute approximate surface area is 99.6 Å². The van der Waals surface area contributed by atoms with Crippen LogP contribution in [-0.4, -0.2) is 34.8 Å². The Hall–Kier alpha value is -2.22. The van der Waals surface area contributed by atoms with E-state index in [4.69, 9.17) is 15.9 Å². The summed E-state index contributed by atoms with van der Waals surface area (Å²) in [5.41, 5.74) is 3.73. The van der Waals surface area contributed by atoms with Crippen LogP contribution in [0.25, 0.3) is 0 Å². The van der Waals surface area contributed by atoms with E-state index in [0.717, 1.165) is 6.07 Å². The van der Waals surface area contributed by atoms with E-state index in [9.17, 15) is 18.4 Å². The molecule has 0 spiro atoms. The number of aliphatic hydroxyl groups is 1. The number of amides is 1. The van der Waals surface area contributed by atoms with Gasteiger partial charge in [0.25, 0.3) is 5.91 Å². The molecule has 1 aromatic carbocycles. The van der Waals surface area contributed by atoms with Crippen LogP contribution in [-0.2, 0) is 4.79 Å². The molecular weight excluding hydrogens is 252 g/mol. The van der Waals surface area contributed by atoms with Gasteiger partial charge in [-0.1, -0.05) is 0 Å². The molecule has 0 heterocycles.